The Hall–Kier alpha value is -2.27. The predicted octanol–water partition coefficient (Wildman–Crippen LogP) is 3.90. The highest BCUT2D eigenvalue weighted by molar-refractivity contribution is 7.98. The number of anilines is 1. The van der Waals surface area contributed by atoms with Gasteiger partial charge in [0.15, 0.2) is 0 Å². The van der Waals surface area contributed by atoms with E-state index in [0.29, 0.717) is 6.54 Å². The molecule has 0 bridgehead atoms. The topological polar surface area (TPSA) is 49.4 Å². The molecule has 0 spiro atoms. The molecule has 3 rings (SSSR count). The predicted molar refractivity (Wildman–Crippen MR) is 111 cm³/mol. The molecule has 0 aromatic heterocycles. The van der Waals surface area contributed by atoms with E-state index in [2.05, 4.69) is 17.4 Å². The molecule has 5 heteroatoms. The Morgan fingerprint density at radius 3 is 2.56 bits per heavy atom. The van der Waals surface area contributed by atoms with Gasteiger partial charge in [-0.25, -0.2) is 0 Å². The zero-order valence-corrected chi connectivity index (χ0v) is 16.7. The van der Waals surface area contributed by atoms with Gasteiger partial charge in [-0.05, 0) is 55.9 Å². The Morgan fingerprint density at radius 2 is 1.89 bits per heavy atom. The van der Waals surface area contributed by atoms with Crippen molar-refractivity contribution in [2.45, 2.75) is 37.1 Å². The van der Waals surface area contributed by atoms with Crippen LogP contribution in [-0.2, 0) is 16.0 Å². The van der Waals surface area contributed by atoms with E-state index < -0.39 is 0 Å². The molecule has 1 fully saturated rings. The third kappa shape index (κ3) is 5.13. The van der Waals surface area contributed by atoms with Crippen LogP contribution in [0.4, 0.5) is 5.69 Å². The molecule has 2 aromatic rings. The van der Waals surface area contributed by atoms with E-state index in [9.17, 15) is 9.59 Å². The molecule has 2 amide bonds. The number of amides is 2. The highest BCUT2D eigenvalue weighted by atomic mass is 32.2. The molecule has 4 nitrogen and oxygen atoms in total. The summed E-state index contributed by atoms with van der Waals surface area (Å²) in [6.07, 6.45) is 4.12. The number of rotatable bonds is 7. The quantitative estimate of drug-likeness (QED) is 0.739. The first-order chi connectivity index (χ1) is 13.1. The van der Waals surface area contributed by atoms with Crippen LogP contribution in [0.5, 0.6) is 0 Å². The van der Waals surface area contributed by atoms with Crippen LogP contribution in [0.1, 0.15) is 25.3 Å². The molecule has 27 heavy (non-hydrogen) atoms. The van der Waals surface area contributed by atoms with Crippen molar-refractivity contribution in [2.75, 3.05) is 17.7 Å². The van der Waals surface area contributed by atoms with Gasteiger partial charge in [0, 0.05) is 29.6 Å². The molecule has 0 radical (unpaired) electrons. The smallest absolute Gasteiger partial charge is 0.227 e. The van der Waals surface area contributed by atoms with Crippen molar-refractivity contribution >= 4 is 29.3 Å². The Labute approximate surface area is 165 Å². The summed E-state index contributed by atoms with van der Waals surface area (Å²) in [5.41, 5.74) is 2.14. The summed E-state index contributed by atoms with van der Waals surface area (Å²) in [6, 6.07) is 18.3. The Balaban J connectivity index is 1.52. The number of carbonyl (C=O) groups excluding carboxylic acids is 2. The van der Waals surface area contributed by atoms with E-state index in [1.807, 2.05) is 55.6 Å². The molecule has 2 aromatic carbocycles. The van der Waals surface area contributed by atoms with Gasteiger partial charge in [-0.1, -0.05) is 30.3 Å². The molecule has 1 aliphatic heterocycles. The van der Waals surface area contributed by atoms with Crippen molar-refractivity contribution in [1.82, 2.24) is 5.32 Å². The second-order valence-electron chi connectivity index (χ2n) is 7.04. The number of aryl methyl sites for hydroxylation is 1. The first-order valence-corrected chi connectivity index (χ1v) is 10.6. The maximum absolute atomic E-state index is 12.6. The van der Waals surface area contributed by atoms with Gasteiger partial charge in [-0.3, -0.25) is 9.59 Å². The SMILES string of the molecule is CSc1ccc(N2CC(C(=O)NC(C)CCc3ccccc3)CC2=O)cc1. The summed E-state index contributed by atoms with van der Waals surface area (Å²) in [5.74, 6) is -0.284. The summed E-state index contributed by atoms with van der Waals surface area (Å²) in [4.78, 5) is 27.9. The van der Waals surface area contributed by atoms with Crippen LogP contribution in [0.2, 0.25) is 0 Å². The van der Waals surface area contributed by atoms with Crippen LogP contribution in [-0.4, -0.2) is 30.7 Å². The van der Waals surface area contributed by atoms with Gasteiger partial charge in [-0.15, -0.1) is 11.8 Å². The molecular weight excluding hydrogens is 356 g/mol. The third-order valence-corrected chi connectivity index (χ3v) is 5.72. The van der Waals surface area contributed by atoms with Crippen LogP contribution < -0.4 is 10.2 Å². The minimum atomic E-state index is -0.281. The fourth-order valence-corrected chi connectivity index (χ4v) is 3.76. The minimum absolute atomic E-state index is 0.0176. The van der Waals surface area contributed by atoms with Crippen LogP contribution in [0, 0.1) is 5.92 Å². The Kier molecular flexibility index (Phi) is 6.56. The van der Waals surface area contributed by atoms with Gasteiger partial charge in [0.25, 0.3) is 0 Å². The van der Waals surface area contributed by atoms with Gasteiger partial charge in [0.2, 0.25) is 11.8 Å². The summed E-state index contributed by atoms with van der Waals surface area (Å²) in [7, 11) is 0. The van der Waals surface area contributed by atoms with Gasteiger partial charge in [-0.2, -0.15) is 0 Å². The lowest BCUT2D eigenvalue weighted by Gasteiger charge is -2.19. The largest absolute Gasteiger partial charge is 0.353 e. The van der Waals surface area contributed by atoms with Crippen LogP contribution in [0.3, 0.4) is 0 Å². The fraction of sp³-hybridized carbons (Fsp3) is 0.364. The highest BCUT2D eigenvalue weighted by Crippen LogP contribution is 2.27. The lowest BCUT2D eigenvalue weighted by atomic mass is 10.0. The maximum atomic E-state index is 12.6. The van der Waals surface area contributed by atoms with Crippen molar-refractivity contribution in [3.8, 4) is 0 Å². The fourth-order valence-electron chi connectivity index (χ4n) is 3.36. The number of thioether (sulfide) groups is 1. The number of benzene rings is 2. The van der Waals surface area contributed by atoms with E-state index in [-0.39, 0.29) is 30.2 Å². The molecule has 0 saturated carbocycles. The lowest BCUT2D eigenvalue weighted by molar-refractivity contribution is -0.126. The Bertz CT molecular complexity index is 777. The monoisotopic (exact) mass is 382 g/mol. The first-order valence-electron chi connectivity index (χ1n) is 9.35. The van der Waals surface area contributed by atoms with Crippen LogP contribution in [0.15, 0.2) is 59.5 Å². The number of hydrogen-bond acceptors (Lipinski definition) is 3. The van der Waals surface area contributed by atoms with E-state index in [0.717, 1.165) is 23.4 Å². The van der Waals surface area contributed by atoms with E-state index in [1.165, 1.54) is 5.56 Å². The average molecular weight is 383 g/mol. The minimum Gasteiger partial charge on any atom is -0.353 e. The molecule has 142 valence electrons. The second kappa shape index (κ2) is 9.09. The van der Waals surface area contributed by atoms with Crippen molar-refractivity contribution < 1.29 is 9.59 Å². The zero-order chi connectivity index (χ0) is 19.2. The average Bonchev–Trinajstić information content (AvgIpc) is 3.09. The summed E-state index contributed by atoms with van der Waals surface area (Å²) >= 11 is 1.67. The summed E-state index contributed by atoms with van der Waals surface area (Å²) < 4.78 is 0. The van der Waals surface area contributed by atoms with Crippen molar-refractivity contribution in [3.05, 3.63) is 60.2 Å². The van der Waals surface area contributed by atoms with E-state index in [4.69, 9.17) is 0 Å². The second-order valence-corrected chi connectivity index (χ2v) is 7.92. The van der Waals surface area contributed by atoms with Gasteiger partial charge >= 0.3 is 0 Å². The third-order valence-electron chi connectivity index (χ3n) is 4.98. The molecule has 2 atom stereocenters. The first kappa shape index (κ1) is 19.5. The normalized spacial score (nSPS) is 17.8. The standard InChI is InChI=1S/C22H26N2O2S/c1-16(8-9-17-6-4-3-5-7-17)23-22(26)18-14-21(25)24(15-18)19-10-12-20(27-2)13-11-19/h3-7,10-13,16,18H,8-9,14-15H2,1-2H3,(H,23,26). The number of nitrogens with zero attached hydrogens (tertiary/aromatic N) is 1. The molecule has 1 aliphatic rings. The lowest BCUT2D eigenvalue weighted by Crippen LogP contribution is -2.38. The van der Waals surface area contributed by atoms with Gasteiger partial charge < -0.3 is 10.2 Å². The number of nitrogens with one attached hydrogen (secondary N) is 1. The van der Waals surface area contributed by atoms with Crippen molar-refractivity contribution in [2.24, 2.45) is 5.92 Å². The zero-order valence-electron chi connectivity index (χ0n) is 15.9. The number of carbonyl (C=O) groups is 2. The van der Waals surface area contributed by atoms with Crippen LogP contribution in [0.25, 0.3) is 0 Å². The molecular formula is C22H26N2O2S. The van der Waals surface area contributed by atoms with Crippen molar-refractivity contribution in [3.63, 3.8) is 0 Å². The van der Waals surface area contributed by atoms with Gasteiger partial charge in [0.1, 0.15) is 0 Å². The summed E-state index contributed by atoms with van der Waals surface area (Å²) in [6.45, 7) is 2.48. The van der Waals surface area contributed by atoms with Crippen LogP contribution >= 0.6 is 11.8 Å². The molecule has 0 aliphatic carbocycles. The molecule has 2 unspecified atom stereocenters. The van der Waals surface area contributed by atoms with E-state index >= 15 is 0 Å². The Morgan fingerprint density at radius 1 is 1.19 bits per heavy atom. The number of hydrogen-bond donors (Lipinski definition) is 1. The summed E-state index contributed by atoms with van der Waals surface area (Å²) in [5, 5.41) is 3.08. The van der Waals surface area contributed by atoms with Crippen molar-refractivity contribution in [1.29, 1.82) is 0 Å². The van der Waals surface area contributed by atoms with Gasteiger partial charge in [0.05, 0.1) is 5.92 Å². The van der Waals surface area contributed by atoms with E-state index in [1.54, 1.807) is 16.7 Å². The molecule has 1 heterocycles. The maximum Gasteiger partial charge on any atom is 0.227 e. The molecule has 1 N–H and O–H groups in total. The highest BCUT2D eigenvalue weighted by Gasteiger charge is 2.35. The molecule has 1 saturated heterocycles.